The molecule has 0 bridgehead atoms. The van der Waals surface area contributed by atoms with E-state index < -0.39 is 11.2 Å². The summed E-state index contributed by atoms with van der Waals surface area (Å²) >= 11 is 0. The van der Waals surface area contributed by atoms with E-state index in [-0.39, 0.29) is 0 Å². The lowest BCUT2D eigenvalue weighted by molar-refractivity contribution is 0.236. The summed E-state index contributed by atoms with van der Waals surface area (Å²) in [5, 5.41) is 0. The zero-order chi connectivity index (χ0) is 18.2. The second-order valence-corrected chi connectivity index (χ2v) is 6.96. The smallest absolute Gasteiger partial charge is 0.147 e. The van der Waals surface area contributed by atoms with E-state index in [1.165, 1.54) is 11.1 Å². The lowest BCUT2D eigenvalue weighted by atomic mass is 9.81. The highest BCUT2D eigenvalue weighted by Gasteiger charge is 2.71. The zero-order valence-electron chi connectivity index (χ0n) is 14.8. The van der Waals surface area contributed by atoms with Crippen molar-refractivity contribution in [2.75, 3.05) is 0 Å². The van der Waals surface area contributed by atoms with Crippen LogP contribution in [0.4, 0.5) is 0 Å². The Kier molecular flexibility index (Phi) is 3.69. The molecule has 2 unspecified atom stereocenters. The van der Waals surface area contributed by atoms with Crippen LogP contribution in [0.25, 0.3) is 0 Å². The highest BCUT2D eigenvalue weighted by molar-refractivity contribution is 5.41. The first kappa shape index (κ1) is 16.0. The molecule has 27 heavy (non-hydrogen) atoms. The average molecular weight is 356 g/mol. The molecule has 5 rings (SSSR count). The van der Waals surface area contributed by atoms with Gasteiger partial charge in [-0.05, 0) is 11.1 Å². The van der Waals surface area contributed by atoms with E-state index in [4.69, 9.17) is 4.74 Å². The third kappa shape index (κ3) is 2.59. The van der Waals surface area contributed by atoms with Gasteiger partial charge in [-0.15, -0.1) is 0 Å². The molecular formula is C22H20N4O. The van der Waals surface area contributed by atoms with Gasteiger partial charge >= 0.3 is 0 Å². The maximum Gasteiger partial charge on any atom is 0.147 e. The minimum atomic E-state index is -0.472. The summed E-state index contributed by atoms with van der Waals surface area (Å²) in [6, 6.07) is 20.9. The SMILES string of the molecule is c1ccc(C2(Cn3ccnc3)OC2(Cn2ccnc2)c2ccccc2)cc1. The van der Waals surface area contributed by atoms with Gasteiger partial charge in [0.25, 0.3) is 0 Å². The standard InChI is InChI=1S/C22H20N4O/c1-3-7-19(8-4-1)21(15-25-13-11-23-17-25)22(27-21,16-26-14-12-24-18-26)20-9-5-2-6-10-20/h1-14,17-18H,15-16H2. The normalized spacial score (nSPS) is 24.0. The Morgan fingerprint density at radius 2 is 1.11 bits per heavy atom. The largest absolute Gasteiger partial charge is 0.348 e. The number of ether oxygens (including phenoxy) is 1. The van der Waals surface area contributed by atoms with Gasteiger partial charge in [0.05, 0.1) is 25.7 Å². The molecule has 0 amide bonds. The topological polar surface area (TPSA) is 48.2 Å². The molecule has 2 aromatic carbocycles. The fourth-order valence-electron chi connectivity index (χ4n) is 4.05. The summed E-state index contributed by atoms with van der Waals surface area (Å²) in [6.45, 7) is 1.39. The molecule has 134 valence electrons. The molecule has 2 atom stereocenters. The van der Waals surface area contributed by atoms with Gasteiger partial charge in [0.1, 0.15) is 11.2 Å². The molecule has 1 aliphatic rings. The van der Waals surface area contributed by atoms with Crippen LogP contribution in [0.3, 0.4) is 0 Å². The van der Waals surface area contributed by atoms with Crippen LogP contribution >= 0.6 is 0 Å². The van der Waals surface area contributed by atoms with Crippen molar-refractivity contribution in [2.24, 2.45) is 0 Å². The third-order valence-electron chi connectivity index (χ3n) is 5.37. The number of aromatic nitrogens is 4. The molecule has 1 fully saturated rings. The quantitative estimate of drug-likeness (QED) is 0.496. The van der Waals surface area contributed by atoms with E-state index in [2.05, 4.69) is 67.6 Å². The van der Waals surface area contributed by atoms with Gasteiger partial charge in [-0.2, -0.15) is 0 Å². The van der Waals surface area contributed by atoms with Crippen molar-refractivity contribution in [2.45, 2.75) is 24.3 Å². The van der Waals surface area contributed by atoms with Crippen LogP contribution in [0.5, 0.6) is 0 Å². The summed E-state index contributed by atoms with van der Waals surface area (Å²) < 4.78 is 10.9. The summed E-state index contributed by atoms with van der Waals surface area (Å²) in [5.41, 5.74) is 1.39. The maximum absolute atomic E-state index is 6.71. The van der Waals surface area contributed by atoms with Crippen LogP contribution < -0.4 is 0 Å². The Hall–Kier alpha value is -3.18. The van der Waals surface area contributed by atoms with Gasteiger partial charge in [0.2, 0.25) is 0 Å². The molecule has 5 heteroatoms. The Morgan fingerprint density at radius 1 is 0.667 bits per heavy atom. The molecule has 4 aromatic rings. The predicted octanol–water partition coefficient (Wildman–Crippen LogP) is 3.60. The van der Waals surface area contributed by atoms with Crippen LogP contribution in [-0.2, 0) is 29.0 Å². The summed E-state index contributed by atoms with van der Waals surface area (Å²) in [4.78, 5) is 8.43. The van der Waals surface area contributed by atoms with Gasteiger partial charge in [0, 0.05) is 24.8 Å². The van der Waals surface area contributed by atoms with E-state index in [0.717, 1.165) is 0 Å². The van der Waals surface area contributed by atoms with Crippen molar-refractivity contribution >= 4 is 0 Å². The van der Waals surface area contributed by atoms with Gasteiger partial charge < -0.3 is 13.9 Å². The molecule has 0 N–H and O–H groups in total. The highest BCUT2D eigenvalue weighted by atomic mass is 16.6. The minimum absolute atomic E-state index is 0.472. The first-order valence-corrected chi connectivity index (χ1v) is 9.05. The van der Waals surface area contributed by atoms with Crippen molar-refractivity contribution in [3.8, 4) is 0 Å². The Bertz CT molecular complexity index is 915. The molecular weight excluding hydrogens is 336 g/mol. The van der Waals surface area contributed by atoms with Crippen LogP contribution in [0.15, 0.2) is 98.1 Å². The van der Waals surface area contributed by atoms with E-state index >= 15 is 0 Å². The van der Waals surface area contributed by atoms with Crippen molar-refractivity contribution < 1.29 is 4.74 Å². The molecule has 1 saturated heterocycles. The van der Waals surface area contributed by atoms with Crippen molar-refractivity contribution in [3.05, 3.63) is 109 Å². The number of benzene rings is 2. The number of epoxide rings is 1. The van der Waals surface area contributed by atoms with Crippen LogP contribution in [0.1, 0.15) is 11.1 Å². The first-order valence-electron chi connectivity index (χ1n) is 9.05. The van der Waals surface area contributed by atoms with Gasteiger partial charge in [0.15, 0.2) is 0 Å². The molecule has 0 spiro atoms. The molecule has 3 heterocycles. The van der Waals surface area contributed by atoms with Crippen LogP contribution in [-0.4, -0.2) is 19.1 Å². The fourth-order valence-corrected chi connectivity index (χ4v) is 4.05. The van der Waals surface area contributed by atoms with E-state index in [9.17, 15) is 0 Å². The summed E-state index contributed by atoms with van der Waals surface area (Å²) in [7, 11) is 0. The fraction of sp³-hybridized carbons (Fsp3) is 0.182. The van der Waals surface area contributed by atoms with Crippen LogP contribution in [0, 0.1) is 0 Å². The van der Waals surface area contributed by atoms with Crippen molar-refractivity contribution in [1.82, 2.24) is 19.1 Å². The lowest BCUT2D eigenvalue weighted by Crippen LogP contribution is -2.30. The Balaban J connectivity index is 1.65. The molecule has 1 aliphatic heterocycles. The minimum Gasteiger partial charge on any atom is -0.348 e. The molecule has 5 nitrogen and oxygen atoms in total. The Labute approximate surface area is 157 Å². The van der Waals surface area contributed by atoms with Crippen molar-refractivity contribution in [3.63, 3.8) is 0 Å². The number of nitrogens with zero attached hydrogens (tertiary/aromatic N) is 4. The van der Waals surface area contributed by atoms with Gasteiger partial charge in [-0.3, -0.25) is 0 Å². The lowest BCUT2D eigenvalue weighted by Gasteiger charge is -2.22. The average Bonchev–Trinajstić information content (AvgIpc) is 3.12. The molecule has 0 saturated carbocycles. The zero-order valence-corrected chi connectivity index (χ0v) is 14.8. The monoisotopic (exact) mass is 356 g/mol. The molecule has 2 aromatic heterocycles. The van der Waals surface area contributed by atoms with Gasteiger partial charge in [-0.1, -0.05) is 60.7 Å². The van der Waals surface area contributed by atoms with Gasteiger partial charge in [-0.25, -0.2) is 9.97 Å². The van der Waals surface area contributed by atoms with Crippen molar-refractivity contribution in [1.29, 1.82) is 0 Å². The van der Waals surface area contributed by atoms with E-state index in [1.54, 1.807) is 12.4 Å². The number of hydrogen-bond acceptors (Lipinski definition) is 3. The predicted molar refractivity (Wildman–Crippen MR) is 102 cm³/mol. The highest BCUT2D eigenvalue weighted by Crippen LogP contribution is 2.64. The number of imidazole rings is 2. The molecule has 0 radical (unpaired) electrons. The third-order valence-corrected chi connectivity index (χ3v) is 5.37. The second kappa shape index (κ2) is 6.21. The van der Waals surface area contributed by atoms with E-state index in [1.807, 2.05) is 37.2 Å². The number of hydrogen-bond donors (Lipinski definition) is 0. The summed E-state index contributed by atoms with van der Waals surface area (Å²) in [6.07, 6.45) is 11.3. The van der Waals surface area contributed by atoms with Crippen LogP contribution in [0.2, 0.25) is 0 Å². The van der Waals surface area contributed by atoms with E-state index in [0.29, 0.717) is 13.1 Å². The summed E-state index contributed by atoms with van der Waals surface area (Å²) in [5.74, 6) is 0. The molecule has 0 aliphatic carbocycles. The maximum atomic E-state index is 6.71. The second-order valence-electron chi connectivity index (χ2n) is 6.96. The first-order chi connectivity index (χ1) is 13.3. The number of rotatable bonds is 6. The Morgan fingerprint density at radius 3 is 1.48 bits per heavy atom.